The predicted molar refractivity (Wildman–Crippen MR) is 122 cm³/mol. The number of benzene rings is 1. The molecule has 2 N–H and O–H groups in total. The van der Waals surface area contributed by atoms with E-state index in [1.165, 1.54) is 18.4 Å². The van der Waals surface area contributed by atoms with Gasteiger partial charge in [-0.25, -0.2) is 4.79 Å². The highest BCUT2D eigenvalue weighted by Crippen LogP contribution is 2.38. The minimum atomic E-state index is -0.509. The maximum Gasteiger partial charge on any atom is 0.343 e. The Morgan fingerprint density at radius 2 is 1.91 bits per heavy atom. The largest absolute Gasteiger partial charge is 0.482 e. The number of carbonyl (C=O) groups is 3. The lowest BCUT2D eigenvalue weighted by Gasteiger charge is -2.13. The van der Waals surface area contributed by atoms with E-state index in [2.05, 4.69) is 15.4 Å². The quantitative estimate of drug-likeness (QED) is 0.417. The molecule has 172 valence electrons. The van der Waals surface area contributed by atoms with Gasteiger partial charge in [0.15, 0.2) is 6.61 Å². The molecule has 9 heteroatoms. The average molecular weight is 461 g/mol. The number of aryl methyl sites for hydroxylation is 1. The molecule has 0 saturated carbocycles. The van der Waals surface area contributed by atoms with Crippen LogP contribution in [0.15, 0.2) is 24.3 Å². The number of nitrogens with one attached hydrogen (secondary N) is 2. The number of carbonyl (C=O) groups excluding carboxylic acids is 3. The van der Waals surface area contributed by atoms with Crippen LogP contribution in [0, 0.1) is 0 Å². The molecule has 0 radical (unpaired) electrons. The first-order valence-corrected chi connectivity index (χ1v) is 11.4. The minimum Gasteiger partial charge on any atom is -0.482 e. The molecule has 1 aliphatic rings. The zero-order valence-electron chi connectivity index (χ0n) is 18.3. The summed E-state index contributed by atoms with van der Waals surface area (Å²) in [5.74, 6) is -0.652. The Kier molecular flexibility index (Phi) is 8.64. The van der Waals surface area contributed by atoms with Gasteiger partial charge in [-0.05, 0) is 55.9 Å². The zero-order chi connectivity index (χ0) is 22.9. The van der Waals surface area contributed by atoms with Crippen molar-refractivity contribution in [1.82, 2.24) is 5.32 Å². The summed E-state index contributed by atoms with van der Waals surface area (Å²) >= 11 is 1.47. The van der Waals surface area contributed by atoms with Gasteiger partial charge in [0.05, 0.1) is 12.7 Å². The fraction of sp³-hybridized carbons (Fsp3) is 0.435. The van der Waals surface area contributed by atoms with Crippen LogP contribution >= 0.6 is 11.3 Å². The van der Waals surface area contributed by atoms with Gasteiger partial charge < -0.3 is 24.8 Å². The third-order valence-electron chi connectivity index (χ3n) is 5.12. The molecule has 0 atom stereocenters. The van der Waals surface area contributed by atoms with Gasteiger partial charge in [-0.3, -0.25) is 9.59 Å². The molecule has 0 bridgehead atoms. The van der Waals surface area contributed by atoms with Crippen molar-refractivity contribution in [2.24, 2.45) is 0 Å². The molecular weight excluding hydrogens is 432 g/mol. The molecule has 0 saturated heterocycles. The third kappa shape index (κ3) is 6.08. The Hall–Kier alpha value is -2.91. The molecular formula is C23H28N2O6S. The Bertz CT molecular complexity index is 971. The molecule has 0 fully saturated rings. The maximum absolute atomic E-state index is 13.0. The maximum atomic E-state index is 13.0. The van der Waals surface area contributed by atoms with Crippen LogP contribution in [-0.2, 0) is 27.1 Å². The van der Waals surface area contributed by atoms with Crippen molar-refractivity contribution in [3.05, 3.63) is 45.8 Å². The smallest absolute Gasteiger partial charge is 0.343 e. The topological polar surface area (TPSA) is 103 Å². The summed E-state index contributed by atoms with van der Waals surface area (Å²) in [4.78, 5) is 38.3. The second-order valence-corrected chi connectivity index (χ2v) is 8.47. The van der Waals surface area contributed by atoms with Gasteiger partial charge in [0.25, 0.3) is 11.8 Å². The zero-order valence-corrected chi connectivity index (χ0v) is 19.1. The number of fused-ring (bicyclic) bond motifs is 1. The number of hydrogen-bond donors (Lipinski definition) is 2. The Balaban J connectivity index is 1.76. The Morgan fingerprint density at radius 1 is 1.09 bits per heavy atom. The highest BCUT2D eigenvalue weighted by atomic mass is 32.1. The first kappa shape index (κ1) is 23.7. The van der Waals surface area contributed by atoms with Crippen LogP contribution in [0.25, 0.3) is 0 Å². The molecule has 1 aromatic heterocycles. The number of hydrogen-bond acceptors (Lipinski definition) is 7. The fourth-order valence-electron chi connectivity index (χ4n) is 3.50. The SMILES string of the molecule is COCCCNC(=O)c1c(NC(=O)c2cccc(OCC(=O)OC)c2)sc2c1CCCC2. The van der Waals surface area contributed by atoms with Gasteiger partial charge >= 0.3 is 5.97 Å². The molecule has 2 amide bonds. The molecule has 3 rings (SSSR count). The van der Waals surface area contributed by atoms with E-state index in [0.29, 0.717) is 41.4 Å². The van der Waals surface area contributed by atoms with Crippen LogP contribution in [0.5, 0.6) is 5.75 Å². The molecule has 0 spiro atoms. The molecule has 0 aliphatic heterocycles. The lowest BCUT2D eigenvalue weighted by atomic mass is 9.95. The van der Waals surface area contributed by atoms with E-state index in [4.69, 9.17) is 9.47 Å². The Labute approximate surface area is 191 Å². The van der Waals surface area contributed by atoms with E-state index in [-0.39, 0.29) is 18.4 Å². The van der Waals surface area contributed by atoms with E-state index in [1.54, 1.807) is 31.4 Å². The summed E-state index contributed by atoms with van der Waals surface area (Å²) in [5.41, 5.74) is 1.97. The van der Waals surface area contributed by atoms with Gasteiger partial charge in [-0.2, -0.15) is 0 Å². The summed E-state index contributed by atoms with van der Waals surface area (Å²) in [7, 11) is 2.90. The summed E-state index contributed by atoms with van der Waals surface area (Å²) in [5, 5.41) is 6.42. The molecule has 1 heterocycles. The predicted octanol–water partition coefficient (Wildman–Crippen LogP) is 3.20. The van der Waals surface area contributed by atoms with Gasteiger partial charge in [0.2, 0.25) is 0 Å². The number of amides is 2. The average Bonchev–Trinajstić information content (AvgIpc) is 3.18. The van der Waals surface area contributed by atoms with Crippen LogP contribution in [0.3, 0.4) is 0 Å². The monoisotopic (exact) mass is 460 g/mol. The number of anilines is 1. The van der Waals surface area contributed by atoms with Gasteiger partial charge in [0, 0.05) is 30.7 Å². The lowest BCUT2D eigenvalue weighted by Crippen LogP contribution is -2.27. The first-order chi connectivity index (χ1) is 15.5. The molecule has 8 nitrogen and oxygen atoms in total. The van der Waals surface area contributed by atoms with Gasteiger partial charge in [-0.1, -0.05) is 6.07 Å². The van der Waals surface area contributed by atoms with E-state index >= 15 is 0 Å². The van der Waals surface area contributed by atoms with Crippen LogP contribution < -0.4 is 15.4 Å². The minimum absolute atomic E-state index is 0.175. The fourth-order valence-corrected chi connectivity index (χ4v) is 4.79. The molecule has 2 aromatic rings. The van der Waals surface area contributed by atoms with E-state index in [0.717, 1.165) is 36.1 Å². The Morgan fingerprint density at radius 3 is 2.69 bits per heavy atom. The number of methoxy groups -OCH3 is 2. The van der Waals surface area contributed by atoms with Gasteiger partial charge in [-0.15, -0.1) is 11.3 Å². The first-order valence-electron chi connectivity index (χ1n) is 10.6. The van der Waals surface area contributed by atoms with Crippen molar-refractivity contribution < 1.29 is 28.6 Å². The van der Waals surface area contributed by atoms with Crippen LogP contribution in [0.2, 0.25) is 0 Å². The third-order valence-corrected chi connectivity index (χ3v) is 6.32. The summed E-state index contributed by atoms with van der Waals surface area (Å²) < 4.78 is 15.0. The van der Waals surface area contributed by atoms with Crippen LogP contribution in [0.1, 0.15) is 50.4 Å². The number of rotatable bonds is 10. The summed E-state index contributed by atoms with van der Waals surface area (Å²) in [6, 6.07) is 6.53. The number of thiophene rings is 1. The van der Waals surface area contributed by atoms with E-state index in [1.807, 2.05) is 0 Å². The van der Waals surface area contributed by atoms with Crippen molar-refractivity contribution in [2.75, 3.05) is 39.3 Å². The molecule has 0 unspecified atom stereocenters. The van der Waals surface area contributed by atoms with E-state index < -0.39 is 5.97 Å². The second kappa shape index (κ2) is 11.6. The second-order valence-electron chi connectivity index (χ2n) is 7.36. The van der Waals surface area contributed by atoms with Crippen LogP contribution in [-0.4, -0.2) is 51.8 Å². The van der Waals surface area contributed by atoms with Gasteiger partial charge in [0.1, 0.15) is 10.8 Å². The van der Waals surface area contributed by atoms with Crippen LogP contribution in [0.4, 0.5) is 5.00 Å². The standard InChI is InChI=1S/C23H28N2O6S/c1-29-12-6-11-24-22(28)20-17-9-3-4-10-18(17)32-23(20)25-21(27)15-7-5-8-16(13-15)31-14-19(26)30-2/h5,7-8,13H,3-4,6,9-12,14H2,1-2H3,(H,24,28)(H,25,27). The highest BCUT2D eigenvalue weighted by Gasteiger charge is 2.26. The summed E-state index contributed by atoms with van der Waals surface area (Å²) in [6.45, 7) is 0.830. The molecule has 32 heavy (non-hydrogen) atoms. The molecule has 1 aliphatic carbocycles. The number of ether oxygens (including phenoxy) is 3. The van der Waals surface area contributed by atoms with E-state index in [9.17, 15) is 14.4 Å². The van der Waals surface area contributed by atoms with Crippen molar-refractivity contribution >= 4 is 34.1 Å². The van der Waals surface area contributed by atoms with Crippen molar-refractivity contribution in [1.29, 1.82) is 0 Å². The van der Waals surface area contributed by atoms with Crippen molar-refractivity contribution in [3.63, 3.8) is 0 Å². The lowest BCUT2D eigenvalue weighted by molar-refractivity contribution is -0.142. The number of esters is 1. The summed E-state index contributed by atoms with van der Waals surface area (Å²) in [6.07, 6.45) is 4.57. The highest BCUT2D eigenvalue weighted by molar-refractivity contribution is 7.17. The van der Waals surface area contributed by atoms with Crippen molar-refractivity contribution in [3.8, 4) is 5.75 Å². The van der Waals surface area contributed by atoms with Crippen molar-refractivity contribution in [2.45, 2.75) is 32.1 Å². The molecule has 1 aromatic carbocycles. The normalized spacial score (nSPS) is 12.6.